The number of halogens is 4. The van der Waals surface area contributed by atoms with Crippen LogP contribution >= 0.6 is 23.5 Å². The lowest BCUT2D eigenvalue weighted by atomic mass is 10.2. The number of nitrogens with zero attached hydrogens (tertiary/aromatic N) is 2. The van der Waals surface area contributed by atoms with Gasteiger partial charge in [0.25, 0.3) is 0 Å². The first kappa shape index (κ1) is 19.1. The summed E-state index contributed by atoms with van der Waals surface area (Å²) in [5.74, 6) is -2.16. The highest BCUT2D eigenvalue weighted by Gasteiger charge is 2.27. The van der Waals surface area contributed by atoms with E-state index < -0.39 is 17.6 Å². The molecule has 140 valence electrons. The molecule has 1 atom stereocenters. The summed E-state index contributed by atoms with van der Waals surface area (Å²) >= 11 is 6.79. The summed E-state index contributed by atoms with van der Waals surface area (Å²) in [7, 11) is 0. The molecule has 0 aliphatic carbocycles. The third-order valence-electron chi connectivity index (χ3n) is 3.96. The van der Waals surface area contributed by atoms with Crippen molar-refractivity contribution in [1.82, 2.24) is 4.98 Å². The number of pyridine rings is 1. The van der Waals surface area contributed by atoms with E-state index in [9.17, 15) is 13.2 Å². The third kappa shape index (κ3) is 4.19. The van der Waals surface area contributed by atoms with Gasteiger partial charge in [-0.25, -0.2) is 13.8 Å². The van der Waals surface area contributed by atoms with E-state index in [0.717, 1.165) is 6.42 Å². The van der Waals surface area contributed by atoms with Crippen LogP contribution < -0.4 is 9.62 Å². The summed E-state index contributed by atoms with van der Waals surface area (Å²) in [6.07, 6.45) is 0.799. The molecule has 1 aliphatic heterocycles. The highest BCUT2D eigenvalue weighted by Crippen LogP contribution is 2.38. The normalized spacial score (nSPS) is 17.0. The van der Waals surface area contributed by atoms with Gasteiger partial charge in [-0.05, 0) is 37.4 Å². The molecule has 0 amide bonds. The SMILES string of the molecule is CCOC1CCN(c2cc(F)c(SNc3cccc(F)n3)c(F)c2Cl)C1. The molecule has 2 heterocycles. The van der Waals surface area contributed by atoms with E-state index in [1.807, 2.05) is 11.8 Å². The molecule has 1 aromatic carbocycles. The summed E-state index contributed by atoms with van der Waals surface area (Å²) in [4.78, 5) is 5.09. The Balaban J connectivity index is 1.77. The van der Waals surface area contributed by atoms with E-state index in [-0.39, 0.29) is 21.8 Å². The van der Waals surface area contributed by atoms with Crippen LogP contribution in [0.4, 0.5) is 24.7 Å². The predicted molar refractivity (Wildman–Crippen MR) is 97.3 cm³/mol. The van der Waals surface area contributed by atoms with Crippen LogP contribution in [-0.4, -0.2) is 30.8 Å². The Morgan fingerprint density at radius 1 is 1.38 bits per heavy atom. The van der Waals surface area contributed by atoms with Crippen LogP contribution in [0.2, 0.25) is 5.02 Å². The van der Waals surface area contributed by atoms with Gasteiger partial charge in [0.05, 0.1) is 11.8 Å². The highest BCUT2D eigenvalue weighted by atomic mass is 35.5. The van der Waals surface area contributed by atoms with Crippen LogP contribution in [0.15, 0.2) is 29.2 Å². The lowest BCUT2D eigenvalue weighted by Crippen LogP contribution is -2.23. The van der Waals surface area contributed by atoms with Gasteiger partial charge in [-0.3, -0.25) is 0 Å². The molecule has 9 heteroatoms. The Bertz CT molecular complexity index is 796. The molecule has 3 rings (SSSR count). The van der Waals surface area contributed by atoms with Crippen LogP contribution in [-0.2, 0) is 4.74 Å². The van der Waals surface area contributed by atoms with Crippen LogP contribution in [0, 0.1) is 17.6 Å². The van der Waals surface area contributed by atoms with Crippen molar-refractivity contribution in [3.05, 3.63) is 46.9 Å². The lowest BCUT2D eigenvalue weighted by molar-refractivity contribution is 0.0787. The monoisotopic (exact) mass is 403 g/mol. The van der Waals surface area contributed by atoms with Crippen molar-refractivity contribution in [3.63, 3.8) is 0 Å². The molecular formula is C17H17ClF3N3OS. The maximum Gasteiger partial charge on any atom is 0.214 e. The molecule has 1 saturated heterocycles. The average Bonchev–Trinajstić information content (AvgIpc) is 3.07. The second kappa shape index (κ2) is 8.37. The Hall–Kier alpha value is -1.64. The number of rotatable bonds is 6. The summed E-state index contributed by atoms with van der Waals surface area (Å²) in [6.45, 7) is 3.64. The Morgan fingerprint density at radius 3 is 2.92 bits per heavy atom. The Labute approximate surface area is 158 Å². The number of ether oxygens (including phenoxy) is 1. The molecule has 26 heavy (non-hydrogen) atoms. The standard InChI is InChI=1S/C17H17ClF3N3OS/c1-2-25-10-6-7-24(9-10)12-8-11(19)17(16(21)15(12)18)26-23-14-5-3-4-13(20)22-14/h3-5,8,10H,2,6-7,9H2,1H3,(H,22,23). The molecular weight excluding hydrogens is 387 g/mol. The topological polar surface area (TPSA) is 37.4 Å². The molecule has 1 aromatic heterocycles. The van der Waals surface area contributed by atoms with E-state index in [1.165, 1.54) is 24.3 Å². The van der Waals surface area contributed by atoms with Crippen molar-refractivity contribution in [3.8, 4) is 0 Å². The Morgan fingerprint density at radius 2 is 2.19 bits per heavy atom. The summed E-state index contributed by atoms with van der Waals surface area (Å²) in [6, 6.07) is 5.31. The molecule has 0 saturated carbocycles. The van der Waals surface area contributed by atoms with Crippen LogP contribution in [0.25, 0.3) is 0 Å². The molecule has 1 aliphatic rings. The first-order chi connectivity index (χ1) is 12.5. The van der Waals surface area contributed by atoms with Crippen LogP contribution in [0.1, 0.15) is 13.3 Å². The van der Waals surface area contributed by atoms with Crippen molar-refractivity contribution < 1.29 is 17.9 Å². The first-order valence-electron chi connectivity index (χ1n) is 8.09. The van der Waals surface area contributed by atoms with Crippen molar-refractivity contribution in [2.45, 2.75) is 24.3 Å². The fraction of sp³-hybridized carbons (Fsp3) is 0.353. The van der Waals surface area contributed by atoms with E-state index in [2.05, 4.69) is 9.71 Å². The van der Waals surface area contributed by atoms with Gasteiger partial charge < -0.3 is 14.4 Å². The number of benzene rings is 1. The predicted octanol–water partition coefficient (Wildman–Crippen LogP) is 4.89. The fourth-order valence-electron chi connectivity index (χ4n) is 2.78. The number of hydrogen-bond acceptors (Lipinski definition) is 5. The Kier molecular flexibility index (Phi) is 6.16. The van der Waals surface area contributed by atoms with Gasteiger partial charge in [0.2, 0.25) is 5.95 Å². The molecule has 4 nitrogen and oxygen atoms in total. The summed E-state index contributed by atoms with van der Waals surface area (Å²) < 4.78 is 50.3. The van der Waals surface area contributed by atoms with Gasteiger partial charge in [-0.1, -0.05) is 17.7 Å². The zero-order chi connectivity index (χ0) is 18.7. The van der Waals surface area contributed by atoms with Crippen LogP contribution in [0.3, 0.4) is 0 Å². The second-order valence-electron chi connectivity index (χ2n) is 5.70. The zero-order valence-electron chi connectivity index (χ0n) is 13.9. The van der Waals surface area contributed by atoms with Gasteiger partial charge in [0.1, 0.15) is 21.6 Å². The van der Waals surface area contributed by atoms with Gasteiger partial charge in [0, 0.05) is 25.8 Å². The zero-order valence-corrected chi connectivity index (χ0v) is 15.5. The maximum absolute atomic E-state index is 14.6. The van der Waals surface area contributed by atoms with Gasteiger partial charge in [-0.2, -0.15) is 4.39 Å². The van der Waals surface area contributed by atoms with Crippen LogP contribution in [0.5, 0.6) is 0 Å². The minimum Gasteiger partial charge on any atom is -0.377 e. The second-order valence-corrected chi connectivity index (χ2v) is 6.89. The highest BCUT2D eigenvalue weighted by molar-refractivity contribution is 8.00. The molecule has 0 radical (unpaired) electrons. The number of nitrogens with one attached hydrogen (secondary N) is 1. The van der Waals surface area contributed by atoms with Crippen molar-refractivity contribution in [1.29, 1.82) is 0 Å². The minimum absolute atomic E-state index is 0.0250. The maximum atomic E-state index is 14.6. The van der Waals surface area contributed by atoms with Crippen molar-refractivity contribution in [2.75, 3.05) is 29.3 Å². The van der Waals surface area contributed by atoms with E-state index in [0.29, 0.717) is 37.3 Å². The van der Waals surface area contributed by atoms with Gasteiger partial charge in [0.15, 0.2) is 5.82 Å². The number of anilines is 2. The average molecular weight is 404 g/mol. The molecule has 1 unspecified atom stereocenters. The molecule has 2 aromatic rings. The number of hydrogen-bond donors (Lipinski definition) is 1. The number of aromatic nitrogens is 1. The van der Waals surface area contributed by atoms with Crippen molar-refractivity contribution >= 4 is 35.1 Å². The van der Waals surface area contributed by atoms with E-state index in [4.69, 9.17) is 16.3 Å². The summed E-state index contributed by atoms with van der Waals surface area (Å²) in [5.41, 5.74) is 0.303. The molecule has 1 N–H and O–H groups in total. The van der Waals surface area contributed by atoms with Crippen molar-refractivity contribution in [2.24, 2.45) is 0 Å². The van der Waals surface area contributed by atoms with E-state index in [1.54, 1.807) is 0 Å². The third-order valence-corrected chi connectivity index (χ3v) is 5.21. The minimum atomic E-state index is -0.865. The van der Waals surface area contributed by atoms with E-state index >= 15 is 0 Å². The molecule has 0 bridgehead atoms. The lowest BCUT2D eigenvalue weighted by Gasteiger charge is -2.21. The largest absolute Gasteiger partial charge is 0.377 e. The van der Waals surface area contributed by atoms with Gasteiger partial charge >= 0.3 is 0 Å². The summed E-state index contributed by atoms with van der Waals surface area (Å²) in [5, 5.41) is -0.153. The molecule has 1 fully saturated rings. The molecule has 0 spiro atoms. The first-order valence-corrected chi connectivity index (χ1v) is 9.28. The smallest absolute Gasteiger partial charge is 0.214 e. The fourth-order valence-corrected chi connectivity index (χ4v) is 3.77. The van der Waals surface area contributed by atoms with Gasteiger partial charge in [-0.15, -0.1) is 0 Å². The quantitative estimate of drug-likeness (QED) is 0.422.